The minimum absolute atomic E-state index is 0. The van der Waals surface area contributed by atoms with E-state index in [9.17, 15) is 0 Å². The van der Waals surface area contributed by atoms with Crippen LogP contribution in [0.25, 0.3) is 0 Å². The summed E-state index contributed by atoms with van der Waals surface area (Å²) in [7, 11) is 0. The fourth-order valence-electron chi connectivity index (χ4n) is 2.08. The van der Waals surface area contributed by atoms with Crippen molar-refractivity contribution >= 4 is 0 Å². The molecule has 2 aliphatic carbocycles. The molecule has 0 saturated heterocycles. The number of aliphatic hydroxyl groups is 1. The first kappa shape index (κ1) is 20.8. The first-order valence-electron chi connectivity index (χ1n) is 5.54. The van der Waals surface area contributed by atoms with Gasteiger partial charge in [0.2, 0.25) is 0 Å². The summed E-state index contributed by atoms with van der Waals surface area (Å²) < 4.78 is 0. The topological polar surface area (TPSA) is 20.2 Å². The quantitative estimate of drug-likeness (QED) is 0.555. The second-order valence-corrected chi connectivity index (χ2v) is 4.10. The summed E-state index contributed by atoms with van der Waals surface area (Å²) in [4.78, 5) is 0. The van der Waals surface area contributed by atoms with Crippen molar-refractivity contribution in [1.82, 2.24) is 0 Å². The van der Waals surface area contributed by atoms with E-state index >= 15 is 0 Å². The van der Waals surface area contributed by atoms with Crippen molar-refractivity contribution < 1.29 is 22.2 Å². The molecule has 94 valence electrons. The summed E-state index contributed by atoms with van der Waals surface area (Å²) in [5.74, 6) is 0.653. The van der Waals surface area contributed by atoms with Gasteiger partial charge in [0.25, 0.3) is 0 Å². The van der Waals surface area contributed by atoms with E-state index in [-0.39, 0.29) is 31.9 Å². The molecule has 0 radical (unpaired) electrons. The van der Waals surface area contributed by atoms with Crippen molar-refractivity contribution in [1.29, 1.82) is 0 Å². The Morgan fingerprint density at radius 1 is 0.733 bits per heavy atom. The van der Waals surface area contributed by atoms with Crippen LogP contribution in [0.5, 0.6) is 0 Å². The summed E-state index contributed by atoms with van der Waals surface area (Å²) in [5.41, 5.74) is 0. The minimum atomic E-state index is 0. The molecule has 15 heavy (non-hydrogen) atoms. The fraction of sp³-hybridized carbons (Fsp3) is 0.846. The molecule has 2 saturated carbocycles. The first-order valence-corrected chi connectivity index (χ1v) is 5.54. The Hall–Kier alpha value is 0.479. The van der Waals surface area contributed by atoms with Gasteiger partial charge in [0.15, 0.2) is 0 Å². The van der Waals surface area contributed by atoms with E-state index in [0.29, 0.717) is 12.5 Å². The summed E-state index contributed by atoms with van der Waals surface area (Å²) in [5, 5.41) is 8.57. The third kappa shape index (κ3) is 10.8. The zero-order valence-electron chi connectivity index (χ0n) is 10.4. The standard InChI is InChI=1S/C6H12O.C5H10.2CH3.Fe/c7-5-6-3-1-2-4-6;1-2-4-5-3-1;;;/h6-7H,1-5H2;1-5H2;2*1H3;/q;;2*-1;+2. The van der Waals surface area contributed by atoms with Crippen LogP contribution in [0.3, 0.4) is 0 Å². The van der Waals surface area contributed by atoms with Gasteiger partial charge in [0, 0.05) is 6.61 Å². The summed E-state index contributed by atoms with van der Waals surface area (Å²) in [6.07, 6.45) is 12.7. The molecular formula is C13H28FeO. The normalized spacial score (nSPS) is 19.0. The largest absolute Gasteiger partial charge is 2.00 e. The van der Waals surface area contributed by atoms with Crippen molar-refractivity contribution in [3.63, 3.8) is 0 Å². The molecule has 2 heteroatoms. The summed E-state index contributed by atoms with van der Waals surface area (Å²) >= 11 is 0. The van der Waals surface area contributed by atoms with E-state index in [1.807, 2.05) is 0 Å². The molecule has 0 heterocycles. The molecule has 2 fully saturated rings. The van der Waals surface area contributed by atoms with Crippen LogP contribution in [0, 0.1) is 20.8 Å². The third-order valence-corrected chi connectivity index (χ3v) is 2.98. The molecule has 0 aromatic carbocycles. The maximum atomic E-state index is 8.57. The summed E-state index contributed by atoms with van der Waals surface area (Å²) in [6, 6.07) is 0. The van der Waals surface area contributed by atoms with Crippen molar-refractivity contribution in [2.75, 3.05) is 6.61 Å². The van der Waals surface area contributed by atoms with Gasteiger partial charge < -0.3 is 20.0 Å². The molecule has 0 spiro atoms. The van der Waals surface area contributed by atoms with E-state index in [0.717, 1.165) is 0 Å². The average molecular weight is 256 g/mol. The number of hydrogen-bond donors (Lipinski definition) is 1. The molecule has 0 amide bonds. The molecular weight excluding hydrogens is 228 g/mol. The van der Waals surface area contributed by atoms with E-state index in [1.54, 1.807) is 0 Å². The Morgan fingerprint density at radius 3 is 1.27 bits per heavy atom. The molecule has 2 rings (SSSR count). The number of aliphatic hydroxyl groups excluding tert-OH is 1. The molecule has 0 aliphatic heterocycles. The van der Waals surface area contributed by atoms with Crippen molar-refractivity contribution in [2.45, 2.75) is 57.8 Å². The Kier molecular flexibility index (Phi) is 20.1. The first-order chi connectivity index (χ1) is 5.93. The second kappa shape index (κ2) is 14.5. The summed E-state index contributed by atoms with van der Waals surface area (Å²) in [6.45, 7) is 0.417. The van der Waals surface area contributed by atoms with Gasteiger partial charge in [-0.2, -0.15) is 0 Å². The van der Waals surface area contributed by atoms with Crippen LogP contribution in [-0.2, 0) is 17.1 Å². The predicted octanol–water partition coefficient (Wildman–Crippen LogP) is 4.02. The van der Waals surface area contributed by atoms with Crippen molar-refractivity contribution in [2.24, 2.45) is 5.92 Å². The maximum absolute atomic E-state index is 8.57. The Morgan fingerprint density at radius 2 is 1.07 bits per heavy atom. The van der Waals surface area contributed by atoms with Crippen molar-refractivity contribution in [3.8, 4) is 0 Å². The fourth-order valence-corrected chi connectivity index (χ4v) is 2.08. The molecule has 0 bridgehead atoms. The minimum Gasteiger partial charge on any atom is -0.396 e. The van der Waals surface area contributed by atoms with Gasteiger partial charge >= 0.3 is 17.1 Å². The van der Waals surface area contributed by atoms with Crippen LogP contribution >= 0.6 is 0 Å². The molecule has 0 aromatic rings. The van der Waals surface area contributed by atoms with Crippen molar-refractivity contribution in [3.05, 3.63) is 14.9 Å². The Bertz CT molecular complexity index is 89.1. The maximum Gasteiger partial charge on any atom is 2.00 e. The smallest absolute Gasteiger partial charge is 0.396 e. The third-order valence-electron chi connectivity index (χ3n) is 2.98. The number of hydrogen-bond acceptors (Lipinski definition) is 1. The molecule has 1 N–H and O–H groups in total. The Labute approximate surface area is 108 Å². The van der Waals surface area contributed by atoms with Gasteiger partial charge in [-0.25, -0.2) is 0 Å². The molecule has 1 nitrogen and oxygen atoms in total. The van der Waals surface area contributed by atoms with E-state index < -0.39 is 0 Å². The van der Waals surface area contributed by atoms with E-state index in [4.69, 9.17) is 5.11 Å². The van der Waals surface area contributed by atoms with Gasteiger partial charge in [-0.15, -0.1) is 0 Å². The van der Waals surface area contributed by atoms with E-state index in [1.165, 1.54) is 57.8 Å². The van der Waals surface area contributed by atoms with Crippen LogP contribution < -0.4 is 0 Å². The van der Waals surface area contributed by atoms with Gasteiger partial charge in [0.1, 0.15) is 0 Å². The van der Waals surface area contributed by atoms with Crippen LogP contribution in [0.2, 0.25) is 0 Å². The molecule has 0 aromatic heterocycles. The molecule has 0 atom stereocenters. The average Bonchev–Trinajstić information content (AvgIpc) is 2.81. The monoisotopic (exact) mass is 256 g/mol. The predicted molar refractivity (Wildman–Crippen MR) is 65.0 cm³/mol. The van der Waals surface area contributed by atoms with Gasteiger partial charge in [-0.05, 0) is 18.8 Å². The second-order valence-electron chi connectivity index (χ2n) is 4.10. The van der Waals surface area contributed by atoms with Gasteiger partial charge in [-0.1, -0.05) is 44.9 Å². The van der Waals surface area contributed by atoms with Gasteiger partial charge in [-0.3, -0.25) is 0 Å². The van der Waals surface area contributed by atoms with Crippen LogP contribution in [-0.4, -0.2) is 11.7 Å². The van der Waals surface area contributed by atoms with E-state index in [2.05, 4.69) is 0 Å². The zero-order valence-corrected chi connectivity index (χ0v) is 11.6. The number of rotatable bonds is 1. The van der Waals surface area contributed by atoms with Gasteiger partial charge in [0.05, 0.1) is 0 Å². The molecule has 2 aliphatic rings. The van der Waals surface area contributed by atoms with Crippen LogP contribution in [0.1, 0.15) is 57.8 Å². The van der Waals surface area contributed by atoms with Crippen LogP contribution in [0.4, 0.5) is 0 Å². The molecule has 0 unspecified atom stereocenters. The Balaban J connectivity index is -0.000000165. The SMILES string of the molecule is C1CCCC1.OCC1CCCC1.[CH3-].[CH3-].[Fe+2]. The zero-order chi connectivity index (χ0) is 8.65. The van der Waals surface area contributed by atoms with Crippen LogP contribution in [0.15, 0.2) is 0 Å².